The molecule has 0 bridgehead atoms. The molecular weight excluding hydrogens is 442 g/mol. The highest BCUT2D eigenvalue weighted by atomic mass is 16.4. The Morgan fingerprint density at radius 1 is 0.848 bits per heavy atom. The third-order valence-corrected chi connectivity index (χ3v) is 4.43. The van der Waals surface area contributed by atoms with Crippen LogP contribution in [0.25, 0.3) is 0 Å². The summed E-state index contributed by atoms with van der Waals surface area (Å²) in [5, 5.41) is 34.0. The van der Waals surface area contributed by atoms with Crippen molar-refractivity contribution in [2.45, 2.75) is 76.7 Å². The van der Waals surface area contributed by atoms with Gasteiger partial charge in [-0.25, -0.2) is 4.79 Å². The molecule has 0 aliphatic heterocycles. The van der Waals surface area contributed by atoms with Crippen LogP contribution in [-0.2, 0) is 28.8 Å². The quantitative estimate of drug-likeness (QED) is 0.119. The molecule has 0 radical (unpaired) electrons. The summed E-state index contributed by atoms with van der Waals surface area (Å²) in [5.41, 5.74) is 10.9. The van der Waals surface area contributed by atoms with Crippen molar-refractivity contribution >= 4 is 35.6 Å². The molecule has 0 aliphatic carbocycles. The van der Waals surface area contributed by atoms with Crippen LogP contribution < -0.4 is 27.4 Å². The van der Waals surface area contributed by atoms with Gasteiger partial charge in [0.1, 0.15) is 12.1 Å². The van der Waals surface area contributed by atoms with Crippen molar-refractivity contribution in [3.05, 3.63) is 0 Å². The maximum absolute atomic E-state index is 12.7. The van der Waals surface area contributed by atoms with Crippen LogP contribution in [0.1, 0.15) is 46.5 Å². The molecule has 33 heavy (non-hydrogen) atoms. The van der Waals surface area contributed by atoms with Crippen molar-refractivity contribution in [1.82, 2.24) is 16.0 Å². The van der Waals surface area contributed by atoms with E-state index in [1.807, 2.05) is 19.2 Å². The summed E-state index contributed by atoms with van der Waals surface area (Å²) in [4.78, 5) is 71.0. The van der Waals surface area contributed by atoms with Gasteiger partial charge in [-0.2, -0.15) is 0 Å². The van der Waals surface area contributed by atoms with Gasteiger partial charge in [0.15, 0.2) is 6.04 Å². The number of carboxylic acid groups (broad SMARTS) is 2. The molecule has 188 valence electrons. The number of rotatable bonds is 15. The summed E-state index contributed by atoms with van der Waals surface area (Å²) in [7, 11) is 0. The molecular formula is C19H33N5O9. The maximum atomic E-state index is 12.7. The fourth-order valence-corrected chi connectivity index (χ4v) is 2.76. The van der Waals surface area contributed by atoms with E-state index in [1.54, 1.807) is 0 Å². The van der Waals surface area contributed by atoms with Crippen molar-refractivity contribution in [2.75, 3.05) is 0 Å². The van der Waals surface area contributed by atoms with Gasteiger partial charge in [-0.1, -0.05) is 13.8 Å². The topological polar surface area (TPSA) is 251 Å². The van der Waals surface area contributed by atoms with E-state index >= 15 is 0 Å². The lowest BCUT2D eigenvalue weighted by molar-refractivity contribution is -0.145. The van der Waals surface area contributed by atoms with E-state index in [0.717, 1.165) is 6.92 Å². The van der Waals surface area contributed by atoms with Crippen molar-refractivity contribution < 1.29 is 44.1 Å². The van der Waals surface area contributed by atoms with Crippen LogP contribution in [0.5, 0.6) is 0 Å². The fourth-order valence-electron chi connectivity index (χ4n) is 2.76. The molecule has 0 aromatic carbocycles. The maximum Gasteiger partial charge on any atom is 0.328 e. The van der Waals surface area contributed by atoms with Crippen LogP contribution in [0, 0.1) is 5.92 Å². The second kappa shape index (κ2) is 14.0. The van der Waals surface area contributed by atoms with Gasteiger partial charge in [-0.05, 0) is 25.7 Å². The van der Waals surface area contributed by atoms with Gasteiger partial charge in [0.2, 0.25) is 23.6 Å². The molecule has 14 heteroatoms. The van der Waals surface area contributed by atoms with Gasteiger partial charge in [0.05, 0.1) is 18.6 Å². The van der Waals surface area contributed by atoms with E-state index < -0.39 is 78.7 Å². The zero-order valence-corrected chi connectivity index (χ0v) is 18.7. The molecule has 4 amide bonds. The highest BCUT2D eigenvalue weighted by Gasteiger charge is 2.32. The summed E-state index contributed by atoms with van der Waals surface area (Å²) >= 11 is 0. The van der Waals surface area contributed by atoms with E-state index in [0.29, 0.717) is 6.42 Å². The Labute approximate surface area is 190 Å². The summed E-state index contributed by atoms with van der Waals surface area (Å²) in [6.07, 6.45) is -2.79. The zero-order valence-electron chi connectivity index (χ0n) is 18.7. The Hall–Kier alpha value is -3.26. The number of nitrogens with one attached hydrogen (secondary N) is 3. The van der Waals surface area contributed by atoms with Gasteiger partial charge in [0.25, 0.3) is 0 Å². The first kappa shape index (κ1) is 29.7. The first-order valence-electron chi connectivity index (χ1n) is 10.2. The number of aliphatic hydroxyl groups is 1. The van der Waals surface area contributed by atoms with Crippen LogP contribution in [0.15, 0.2) is 0 Å². The Morgan fingerprint density at radius 3 is 1.79 bits per heavy atom. The number of amides is 4. The summed E-state index contributed by atoms with van der Waals surface area (Å²) in [6.45, 7) is 4.76. The van der Waals surface area contributed by atoms with Crippen LogP contribution in [0.3, 0.4) is 0 Å². The van der Waals surface area contributed by atoms with Crippen molar-refractivity contribution in [2.24, 2.45) is 17.4 Å². The molecule has 0 heterocycles. The highest BCUT2D eigenvalue weighted by molar-refractivity contribution is 5.96. The number of nitrogens with two attached hydrogens (primary N) is 2. The van der Waals surface area contributed by atoms with E-state index in [-0.39, 0.29) is 12.3 Å². The van der Waals surface area contributed by atoms with Crippen LogP contribution >= 0.6 is 0 Å². The SMILES string of the molecule is CC(C)CC(N)C(=O)NC(CCC(=O)O)C(=O)NC(CC(N)=O)C(=O)NC(C(=O)O)C(C)O. The lowest BCUT2D eigenvalue weighted by Gasteiger charge is -2.25. The number of primary amides is 1. The van der Waals surface area contributed by atoms with Crippen molar-refractivity contribution in [3.63, 3.8) is 0 Å². The van der Waals surface area contributed by atoms with Crippen LogP contribution in [-0.4, -0.2) is 81.2 Å². The Morgan fingerprint density at radius 2 is 1.36 bits per heavy atom. The lowest BCUT2D eigenvalue weighted by Crippen LogP contribution is -2.59. The molecule has 0 saturated heterocycles. The largest absolute Gasteiger partial charge is 0.481 e. The molecule has 0 spiro atoms. The average Bonchev–Trinajstić information content (AvgIpc) is 2.66. The first-order valence-corrected chi connectivity index (χ1v) is 10.2. The molecule has 0 aliphatic rings. The summed E-state index contributed by atoms with van der Waals surface area (Å²) < 4.78 is 0. The monoisotopic (exact) mass is 475 g/mol. The smallest absolute Gasteiger partial charge is 0.328 e. The minimum absolute atomic E-state index is 0.0665. The van der Waals surface area contributed by atoms with Gasteiger partial charge in [-0.3, -0.25) is 24.0 Å². The minimum Gasteiger partial charge on any atom is -0.481 e. The fraction of sp³-hybridized carbons (Fsp3) is 0.684. The molecule has 5 unspecified atom stereocenters. The average molecular weight is 475 g/mol. The van der Waals surface area contributed by atoms with E-state index in [9.17, 15) is 33.9 Å². The van der Waals surface area contributed by atoms with Gasteiger partial charge >= 0.3 is 11.9 Å². The number of aliphatic hydroxyl groups excluding tert-OH is 1. The van der Waals surface area contributed by atoms with Gasteiger partial charge < -0.3 is 42.7 Å². The van der Waals surface area contributed by atoms with E-state index in [1.165, 1.54) is 0 Å². The first-order chi connectivity index (χ1) is 15.1. The Bertz CT molecular complexity index is 741. The molecule has 0 rings (SSSR count). The number of aliphatic carboxylic acids is 2. The van der Waals surface area contributed by atoms with E-state index in [2.05, 4.69) is 10.6 Å². The van der Waals surface area contributed by atoms with Gasteiger partial charge in [0, 0.05) is 6.42 Å². The van der Waals surface area contributed by atoms with Crippen molar-refractivity contribution in [3.8, 4) is 0 Å². The second-order valence-corrected chi connectivity index (χ2v) is 8.03. The normalized spacial score (nSPS) is 15.5. The number of hydrogen-bond donors (Lipinski definition) is 8. The predicted molar refractivity (Wildman–Crippen MR) is 113 cm³/mol. The number of carbonyl (C=O) groups is 6. The van der Waals surface area contributed by atoms with E-state index in [4.69, 9.17) is 21.7 Å². The third kappa shape index (κ3) is 11.8. The molecule has 0 fully saturated rings. The molecule has 0 aromatic rings. The number of carboxylic acids is 2. The summed E-state index contributed by atoms with van der Waals surface area (Å²) in [6, 6.07) is -5.77. The van der Waals surface area contributed by atoms with Crippen LogP contribution in [0.2, 0.25) is 0 Å². The van der Waals surface area contributed by atoms with Crippen LogP contribution in [0.4, 0.5) is 0 Å². The molecule has 0 aromatic heterocycles. The highest BCUT2D eigenvalue weighted by Crippen LogP contribution is 2.06. The number of carbonyl (C=O) groups excluding carboxylic acids is 4. The standard InChI is InChI=1S/C19H33N5O9/c1-8(2)6-10(20)16(29)22-11(4-5-14(27)28)17(30)23-12(7-13(21)26)18(31)24-15(9(3)25)19(32)33/h8-12,15,25H,4-7,20H2,1-3H3,(H2,21,26)(H,22,29)(H,23,30)(H,24,31)(H,27,28)(H,32,33). The molecule has 5 atom stereocenters. The number of hydrogen-bond acceptors (Lipinski definition) is 8. The molecule has 14 nitrogen and oxygen atoms in total. The Balaban J connectivity index is 5.58. The minimum atomic E-state index is -1.73. The second-order valence-electron chi connectivity index (χ2n) is 8.03. The molecule has 0 saturated carbocycles. The van der Waals surface area contributed by atoms with Gasteiger partial charge in [-0.15, -0.1) is 0 Å². The third-order valence-electron chi connectivity index (χ3n) is 4.43. The lowest BCUT2D eigenvalue weighted by atomic mass is 10.0. The molecule has 10 N–H and O–H groups in total. The Kier molecular flexibility index (Phi) is 12.6. The van der Waals surface area contributed by atoms with Crippen molar-refractivity contribution in [1.29, 1.82) is 0 Å². The predicted octanol–water partition coefficient (Wildman–Crippen LogP) is -2.98. The summed E-state index contributed by atoms with van der Waals surface area (Å²) in [5.74, 6) is -6.61. The zero-order chi connectivity index (χ0) is 25.9.